The summed E-state index contributed by atoms with van der Waals surface area (Å²) in [6.07, 6.45) is 0. The molecule has 13 heteroatoms. The maximum atomic E-state index is 11.1. The molecule has 104 valence electrons. The van der Waals surface area contributed by atoms with E-state index in [0.717, 1.165) is 18.2 Å². The van der Waals surface area contributed by atoms with Crippen LogP contribution >= 0.6 is 27.4 Å². The van der Waals surface area contributed by atoms with Crippen molar-refractivity contribution in [3.8, 4) is 0 Å². The van der Waals surface area contributed by atoms with Gasteiger partial charge in [0.15, 0.2) is 5.11 Å². The van der Waals surface area contributed by atoms with Crippen LogP contribution in [0.25, 0.3) is 0 Å². The Kier molecular flexibility index (Phi) is 10.3. The molecule has 0 amide bonds. The molecule has 0 aliphatic rings. The number of rotatable bonds is 3. The van der Waals surface area contributed by atoms with E-state index in [1.54, 1.807) is 0 Å². The van der Waals surface area contributed by atoms with Gasteiger partial charge in [0.2, 0.25) is 0 Å². The molecule has 0 aliphatic heterocycles. The Morgan fingerprint density at radius 2 is 1.35 bits per heavy atom. The summed E-state index contributed by atoms with van der Waals surface area (Å²) in [7, 11) is -9.30. The van der Waals surface area contributed by atoms with Crippen LogP contribution in [0.2, 0.25) is 0 Å². The third kappa shape index (κ3) is 7.47. The third-order valence-corrected chi connectivity index (χ3v) is 3.81. The first-order chi connectivity index (χ1) is 8.00. The van der Waals surface area contributed by atoms with Gasteiger partial charge in [-0.1, -0.05) is 0 Å². The van der Waals surface area contributed by atoms with E-state index in [4.69, 9.17) is 25.3 Å². The van der Waals surface area contributed by atoms with Gasteiger partial charge in [0.1, 0.15) is 0 Å². The summed E-state index contributed by atoms with van der Waals surface area (Å²) in [5, 5.41) is 1.07. The molecule has 20 heavy (non-hydrogen) atoms. The van der Waals surface area contributed by atoms with Crippen LogP contribution in [0.15, 0.2) is 18.2 Å². The zero-order chi connectivity index (χ0) is 14.1. The molecule has 0 bridgehead atoms. The Labute approximate surface area is 164 Å². The summed E-state index contributed by atoms with van der Waals surface area (Å²) >= 11 is 4.53. The van der Waals surface area contributed by atoms with Crippen LogP contribution in [0.5, 0.6) is 0 Å². The van der Waals surface area contributed by atoms with Crippen LogP contribution in [-0.2, 0) is 9.13 Å². The molecular formula is C7H12N2Na2O6P2S. The molecule has 0 fully saturated rings. The van der Waals surface area contributed by atoms with Crippen LogP contribution in [0, 0.1) is 0 Å². The van der Waals surface area contributed by atoms with Crippen LogP contribution < -0.4 is 21.7 Å². The fourth-order valence-corrected chi connectivity index (χ4v) is 2.59. The molecule has 0 spiro atoms. The van der Waals surface area contributed by atoms with Gasteiger partial charge in [-0.3, -0.25) is 9.13 Å². The van der Waals surface area contributed by atoms with Gasteiger partial charge >= 0.3 is 74.3 Å². The molecule has 1 rings (SSSR count). The normalized spacial score (nSPS) is 11.0. The van der Waals surface area contributed by atoms with Crippen molar-refractivity contribution in [3.05, 3.63) is 18.2 Å². The maximum absolute atomic E-state index is 11.1. The van der Waals surface area contributed by atoms with Crippen LogP contribution in [0.3, 0.4) is 0 Å². The summed E-state index contributed by atoms with van der Waals surface area (Å²) in [5.41, 5.74) is 5.16. The number of anilines is 1. The molecule has 0 aliphatic carbocycles. The monoisotopic (exact) mass is 360 g/mol. The number of hydrogen-bond acceptors (Lipinski definition) is 3. The van der Waals surface area contributed by atoms with E-state index >= 15 is 0 Å². The summed E-state index contributed by atoms with van der Waals surface area (Å²) in [6.45, 7) is 0. The topological polar surface area (TPSA) is 153 Å². The number of nitrogens with one attached hydrogen (secondary N) is 1. The van der Waals surface area contributed by atoms with E-state index in [2.05, 4.69) is 17.5 Å². The second-order valence-corrected chi connectivity index (χ2v) is 6.96. The summed E-state index contributed by atoms with van der Waals surface area (Å²) in [6, 6.07) is 2.77. The Balaban J connectivity index is 0. The number of benzene rings is 1. The molecule has 0 saturated heterocycles. The summed E-state index contributed by atoms with van der Waals surface area (Å²) in [4.78, 5) is 36.0. The standard InChI is InChI=1S/C7H10N2O6P2S.2Na.2H/c8-7(18)9-4-1-5(16(10,11)12)3-6(2-4)17(13,14)15;;;;/h1-3H,(H3,8,9,18)(H2,10,11,12)(H2,13,14,15);;;;. The number of thiocarbonyl (C=S) groups is 1. The fraction of sp³-hybridized carbons (Fsp3) is 0. The molecule has 0 aromatic heterocycles. The van der Waals surface area contributed by atoms with E-state index < -0.39 is 25.8 Å². The van der Waals surface area contributed by atoms with Crippen molar-refractivity contribution in [2.24, 2.45) is 5.73 Å². The van der Waals surface area contributed by atoms with Gasteiger partial charge in [0.25, 0.3) is 0 Å². The molecular weight excluding hydrogens is 348 g/mol. The van der Waals surface area contributed by atoms with Gasteiger partial charge in [0.05, 0.1) is 10.6 Å². The predicted molar refractivity (Wildman–Crippen MR) is 84.5 cm³/mol. The Morgan fingerprint density at radius 3 is 1.60 bits per heavy atom. The SMILES string of the molecule is NC(=S)Nc1cc(P(=O)(O)O)cc(P(=O)(O)O)c1.[NaH].[NaH]. The zero-order valence-corrected chi connectivity index (χ0v) is 11.3. The van der Waals surface area contributed by atoms with Crippen molar-refractivity contribution in [2.75, 3.05) is 5.32 Å². The van der Waals surface area contributed by atoms with Gasteiger partial charge in [-0.25, -0.2) is 0 Å². The Hall–Kier alpha value is 1.21. The van der Waals surface area contributed by atoms with Crippen LogP contribution in [0.1, 0.15) is 0 Å². The quantitative estimate of drug-likeness (QED) is 0.198. The molecule has 0 unspecified atom stereocenters. The average Bonchev–Trinajstić information content (AvgIpc) is 2.13. The molecule has 0 heterocycles. The first-order valence-electron chi connectivity index (χ1n) is 4.34. The predicted octanol–water partition coefficient (Wildman–Crippen LogP) is -2.35. The third-order valence-electron chi connectivity index (χ3n) is 1.84. The van der Waals surface area contributed by atoms with Gasteiger partial charge in [-0.15, -0.1) is 0 Å². The molecule has 1 aromatic rings. The second-order valence-electron chi connectivity index (χ2n) is 3.32. The van der Waals surface area contributed by atoms with E-state index in [1.807, 2.05) is 0 Å². The van der Waals surface area contributed by atoms with Gasteiger partial charge in [-0.2, -0.15) is 0 Å². The van der Waals surface area contributed by atoms with E-state index in [1.165, 1.54) is 0 Å². The minimum absolute atomic E-state index is 0. The fourth-order valence-electron chi connectivity index (χ4n) is 1.15. The van der Waals surface area contributed by atoms with Crippen LogP contribution in [0.4, 0.5) is 5.69 Å². The molecule has 0 atom stereocenters. The van der Waals surface area contributed by atoms with Crippen LogP contribution in [-0.4, -0.2) is 83.8 Å². The van der Waals surface area contributed by atoms with Crippen molar-refractivity contribution in [1.82, 2.24) is 0 Å². The summed E-state index contributed by atoms with van der Waals surface area (Å²) in [5.74, 6) is 0. The average molecular weight is 360 g/mol. The van der Waals surface area contributed by atoms with Crippen molar-refractivity contribution in [2.45, 2.75) is 0 Å². The zero-order valence-electron chi connectivity index (χ0n) is 8.72. The van der Waals surface area contributed by atoms with Crippen molar-refractivity contribution < 1.29 is 28.7 Å². The Bertz CT molecular complexity index is 548. The summed E-state index contributed by atoms with van der Waals surface area (Å²) < 4.78 is 22.2. The van der Waals surface area contributed by atoms with Crippen molar-refractivity contribution in [1.29, 1.82) is 0 Å². The van der Waals surface area contributed by atoms with E-state index in [0.29, 0.717) is 0 Å². The molecule has 1 aromatic carbocycles. The van der Waals surface area contributed by atoms with E-state index in [9.17, 15) is 9.13 Å². The van der Waals surface area contributed by atoms with Gasteiger partial charge in [-0.05, 0) is 30.4 Å². The molecule has 0 radical (unpaired) electrons. The Morgan fingerprint density at radius 1 is 1.00 bits per heavy atom. The first-order valence-corrected chi connectivity index (χ1v) is 7.97. The van der Waals surface area contributed by atoms with Gasteiger partial charge in [0, 0.05) is 5.69 Å². The molecule has 0 saturated carbocycles. The van der Waals surface area contributed by atoms with Crippen molar-refractivity contribution in [3.63, 3.8) is 0 Å². The molecule has 7 N–H and O–H groups in total. The van der Waals surface area contributed by atoms with Gasteiger partial charge < -0.3 is 30.6 Å². The number of hydrogen-bond donors (Lipinski definition) is 6. The minimum atomic E-state index is -4.65. The van der Waals surface area contributed by atoms with Crippen molar-refractivity contribution >= 4 is 108 Å². The number of nitrogens with two attached hydrogens (primary N) is 1. The second kappa shape index (κ2) is 8.74. The van der Waals surface area contributed by atoms with E-state index in [-0.39, 0.29) is 69.9 Å². The molecule has 8 nitrogen and oxygen atoms in total. The first kappa shape index (κ1) is 23.5.